The van der Waals surface area contributed by atoms with Crippen molar-refractivity contribution in [1.29, 1.82) is 0 Å². The van der Waals surface area contributed by atoms with Crippen LogP contribution in [0.25, 0.3) is 11.0 Å². The molecule has 0 aliphatic carbocycles. The molecule has 3 N–H and O–H groups in total. The largest absolute Gasteiger partial charge is 0.466 e. The molecule has 0 fully saturated rings. The second kappa shape index (κ2) is 28.2. The van der Waals surface area contributed by atoms with E-state index in [0.29, 0.717) is 22.3 Å². The number of hydrogen-bond donors (Lipinski definition) is 3. The quantitative estimate of drug-likeness (QED) is 0.0182. The van der Waals surface area contributed by atoms with Gasteiger partial charge in [-0.3, -0.25) is 9.59 Å². The number of benzene rings is 4. The molecule has 1 atom stereocenters. The van der Waals surface area contributed by atoms with Crippen molar-refractivity contribution in [2.24, 2.45) is 5.92 Å². The van der Waals surface area contributed by atoms with Crippen molar-refractivity contribution in [1.82, 2.24) is 15.4 Å². The number of amides is 2. The van der Waals surface area contributed by atoms with Crippen molar-refractivity contribution in [2.45, 2.75) is 78.1 Å². The number of para-hydroxylation sites is 1. The number of aromatic nitrogens is 3. The van der Waals surface area contributed by atoms with Gasteiger partial charge in [-0.1, -0.05) is 106 Å². The summed E-state index contributed by atoms with van der Waals surface area (Å²) in [4.78, 5) is 85.8. The fourth-order valence-electron chi connectivity index (χ4n) is 6.01. The van der Waals surface area contributed by atoms with Crippen molar-refractivity contribution >= 4 is 87.3 Å². The summed E-state index contributed by atoms with van der Waals surface area (Å²) in [6, 6.07) is 21.8. The van der Waals surface area contributed by atoms with E-state index in [1.807, 2.05) is 18.2 Å². The molecule has 5 rings (SSSR count). The second-order valence-electron chi connectivity index (χ2n) is 14.9. The van der Waals surface area contributed by atoms with Gasteiger partial charge in [0.2, 0.25) is 11.8 Å². The number of anilines is 2. The first-order valence-electron chi connectivity index (χ1n) is 21.6. The van der Waals surface area contributed by atoms with Crippen LogP contribution in [0.15, 0.2) is 84.9 Å². The van der Waals surface area contributed by atoms with Gasteiger partial charge in [0.1, 0.15) is 22.7 Å². The SMILES string of the molecule is CCCCCCCCCCCCOC(=O)COC(=O)c1ccc(Cl)c(NC(=O)C(C)C(=O)Nc2cc(C(=O)OCC(=O)OC)ccc2Cl)c1.O=C(Oc1ccccc1)c1ccc2n[nH]nc2c1. The molecule has 4 aromatic carbocycles. The minimum absolute atomic E-state index is 0.00183. The third kappa shape index (κ3) is 18.2. The molecule has 1 heterocycles. The number of methoxy groups -OCH3 is 1. The first kappa shape index (κ1) is 52.8. The number of carbonyl (C=O) groups is 7. The number of H-pyrrole nitrogens is 1. The maximum Gasteiger partial charge on any atom is 0.344 e. The van der Waals surface area contributed by atoms with Gasteiger partial charge in [-0.15, -0.1) is 0 Å². The Labute approximate surface area is 397 Å². The molecule has 0 spiro atoms. The summed E-state index contributed by atoms with van der Waals surface area (Å²) >= 11 is 12.4. The average molecular weight is 963 g/mol. The van der Waals surface area contributed by atoms with Gasteiger partial charge in [0.05, 0.1) is 51.8 Å². The monoisotopic (exact) mass is 961 g/mol. The average Bonchev–Trinajstić information content (AvgIpc) is 3.81. The van der Waals surface area contributed by atoms with Crippen LogP contribution in [0.1, 0.15) is 109 Å². The minimum atomic E-state index is -1.29. The maximum absolute atomic E-state index is 12.9. The Hall–Kier alpha value is -6.85. The van der Waals surface area contributed by atoms with Gasteiger partial charge in [0, 0.05) is 0 Å². The molecule has 5 aromatic rings. The Kier molecular flexibility index (Phi) is 22.2. The van der Waals surface area contributed by atoms with Gasteiger partial charge in [-0.05, 0) is 80.1 Å². The third-order valence-corrected chi connectivity index (χ3v) is 10.5. The zero-order valence-electron chi connectivity index (χ0n) is 37.4. The molecule has 0 saturated carbocycles. The summed E-state index contributed by atoms with van der Waals surface area (Å²) in [6.07, 6.45) is 11.5. The number of esters is 5. The van der Waals surface area contributed by atoms with Crippen LogP contribution in [0.2, 0.25) is 10.0 Å². The molecule has 1 unspecified atom stereocenters. The lowest BCUT2D eigenvalue weighted by Gasteiger charge is -2.15. The Balaban J connectivity index is 0.000000446. The van der Waals surface area contributed by atoms with Crippen molar-refractivity contribution < 1.29 is 57.2 Å². The predicted molar refractivity (Wildman–Crippen MR) is 250 cm³/mol. The summed E-state index contributed by atoms with van der Waals surface area (Å²) in [7, 11) is 1.14. The minimum Gasteiger partial charge on any atom is -0.466 e. The van der Waals surface area contributed by atoms with Crippen molar-refractivity contribution in [3.8, 4) is 5.75 Å². The number of carbonyl (C=O) groups excluding carboxylic acids is 7. The van der Waals surface area contributed by atoms with Crippen molar-refractivity contribution in [3.05, 3.63) is 112 Å². The summed E-state index contributed by atoms with van der Waals surface area (Å²) in [5.41, 5.74) is 1.82. The van der Waals surface area contributed by atoms with Gasteiger partial charge in [0.25, 0.3) is 0 Å². The van der Waals surface area contributed by atoms with Crippen molar-refractivity contribution in [3.63, 3.8) is 0 Å². The number of halogens is 2. The summed E-state index contributed by atoms with van der Waals surface area (Å²) < 4.78 is 24.7. The molecule has 1 aromatic heterocycles. The number of nitrogens with zero attached hydrogens (tertiary/aromatic N) is 2. The van der Waals surface area contributed by atoms with E-state index in [2.05, 4.69) is 37.7 Å². The number of nitrogens with one attached hydrogen (secondary N) is 3. The standard InChI is InChI=1S/C35H44Cl2N2O10.C13H9N3O2/c1-4-5-6-7-8-9-10-11-12-13-18-47-31(41)22-49-35(45)25-15-17-27(37)29(20-25)39-33(43)23(2)32(42)38-28-19-24(14-16-26(28)36)34(44)48-21-30(40)46-3;17-13(18-10-4-2-1-3-5-10)9-6-7-11-12(8-9)15-16-14-11/h14-17,19-20,23H,4-13,18,21-22H2,1-3H3,(H,38,42)(H,39,43);1-8H,(H,14,15,16). The number of fused-ring (bicyclic) bond motifs is 1. The van der Waals surface area contributed by atoms with E-state index < -0.39 is 60.8 Å². The predicted octanol–water partition coefficient (Wildman–Crippen LogP) is 9.33. The number of aromatic amines is 1. The van der Waals surface area contributed by atoms with Crippen molar-refractivity contribution in [2.75, 3.05) is 37.6 Å². The van der Waals surface area contributed by atoms with Crippen LogP contribution in [0, 0.1) is 5.92 Å². The van der Waals surface area contributed by atoms with E-state index in [1.54, 1.807) is 30.3 Å². The van der Waals surface area contributed by atoms with E-state index in [9.17, 15) is 33.6 Å². The zero-order chi connectivity index (χ0) is 48.6. The van der Waals surface area contributed by atoms with Crippen LogP contribution in [-0.2, 0) is 38.1 Å². The number of rotatable bonds is 23. The number of unbranched alkanes of at least 4 members (excludes halogenated alkanes) is 9. The summed E-state index contributed by atoms with van der Waals surface area (Å²) in [5, 5.41) is 15.5. The van der Waals surface area contributed by atoms with Gasteiger partial charge in [0.15, 0.2) is 13.2 Å². The smallest absolute Gasteiger partial charge is 0.344 e. The molecule has 0 radical (unpaired) electrons. The normalized spacial score (nSPS) is 11.0. The molecule has 17 nitrogen and oxygen atoms in total. The maximum atomic E-state index is 12.9. The van der Waals surface area contributed by atoms with Gasteiger partial charge in [-0.2, -0.15) is 15.4 Å². The lowest BCUT2D eigenvalue weighted by molar-refractivity contribution is -0.147. The van der Waals surface area contributed by atoms with Crippen LogP contribution in [-0.4, -0.2) is 84.0 Å². The molecule has 19 heteroatoms. The summed E-state index contributed by atoms with van der Waals surface area (Å²) in [6.45, 7) is 2.58. The Morgan fingerprint density at radius 3 is 1.63 bits per heavy atom. The number of hydrogen-bond acceptors (Lipinski definition) is 14. The Morgan fingerprint density at radius 1 is 0.582 bits per heavy atom. The van der Waals surface area contributed by atoms with E-state index in [4.69, 9.17) is 42.1 Å². The highest BCUT2D eigenvalue weighted by atomic mass is 35.5. The lowest BCUT2D eigenvalue weighted by Crippen LogP contribution is -2.32. The van der Waals surface area contributed by atoms with Gasteiger partial charge in [-0.25, -0.2) is 24.0 Å². The molecule has 0 bridgehead atoms. The van der Waals surface area contributed by atoms with Crippen LogP contribution >= 0.6 is 23.2 Å². The fraction of sp³-hybridized carbons (Fsp3) is 0.354. The highest BCUT2D eigenvalue weighted by Gasteiger charge is 2.25. The molecule has 2 amide bonds. The third-order valence-electron chi connectivity index (χ3n) is 9.84. The number of ether oxygens (including phenoxy) is 5. The lowest BCUT2D eigenvalue weighted by atomic mass is 10.1. The molecule has 356 valence electrons. The first-order valence-corrected chi connectivity index (χ1v) is 22.4. The van der Waals surface area contributed by atoms with E-state index >= 15 is 0 Å². The van der Waals surface area contributed by atoms with E-state index in [-0.39, 0.29) is 39.2 Å². The topological polar surface area (TPSA) is 231 Å². The second-order valence-corrected chi connectivity index (χ2v) is 15.8. The zero-order valence-corrected chi connectivity index (χ0v) is 38.9. The molecular formula is C48H53Cl2N5O12. The Morgan fingerprint density at radius 2 is 1.07 bits per heavy atom. The highest BCUT2D eigenvalue weighted by molar-refractivity contribution is 6.34. The van der Waals surface area contributed by atoms with Gasteiger partial charge < -0.3 is 34.3 Å². The Bertz CT molecular complexity index is 2460. The van der Waals surface area contributed by atoms with Crippen LogP contribution in [0.3, 0.4) is 0 Å². The highest BCUT2D eigenvalue weighted by Crippen LogP contribution is 2.27. The molecule has 0 aliphatic rings. The first-order chi connectivity index (χ1) is 32.3. The summed E-state index contributed by atoms with van der Waals surface area (Å²) in [5.74, 6) is -5.86. The molecule has 67 heavy (non-hydrogen) atoms. The van der Waals surface area contributed by atoms with E-state index in [0.717, 1.165) is 32.8 Å². The van der Waals surface area contributed by atoms with Gasteiger partial charge >= 0.3 is 29.8 Å². The van der Waals surface area contributed by atoms with Crippen LogP contribution < -0.4 is 15.4 Å². The molecular weight excluding hydrogens is 909 g/mol. The van der Waals surface area contributed by atoms with E-state index in [1.165, 1.54) is 81.8 Å². The molecule has 0 saturated heterocycles. The fourth-order valence-corrected chi connectivity index (χ4v) is 6.34. The van der Waals surface area contributed by atoms with Crippen LogP contribution in [0.4, 0.5) is 11.4 Å². The van der Waals surface area contributed by atoms with Crippen LogP contribution in [0.5, 0.6) is 5.75 Å². The molecule has 0 aliphatic heterocycles.